The predicted molar refractivity (Wildman–Crippen MR) is 118 cm³/mol. The molecule has 1 aliphatic heterocycles. The van der Waals surface area contributed by atoms with E-state index in [0.29, 0.717) is 11.5 Å². The molecule has 0 saturated carbocycles. The Morgan fingerprint density at radius 2 is 1.87 bits per heavy atom. The Kier molecular flexibility index (Phi) is 6.00. The van der Waals surface area contributed by atoms with Crippen LogP contribution < -0.4 is 16.2 Å². The molecule has 1 atom stereocenters. The van der Waals surface area contributed by atoms with Crippen molar-refractivity contribution in [3.05, 3.63) is 63.1 Å². The van der Waals surface area contributed by atoms with E-state index < -0.39 is 6.43 Å². The number of hydrogen-bond donors (Lipinski definition) is 2. The number of nitrogens with zero attached hydrogens (tertiary/aromatic N) is 3. The molecule has 164 valence electrons. The van der Waals surface area contributed by atoms with E-state index in [2.05, 4.69) is 20.8 Å². The van der Waals surface area contributed by atoms with Crippen molar-refractivity contribution in [1.82, 2.24) is 20.1 Å². The van der Waals surface area contributed by atoms with Gasteiger partial charge < -0.3 is 15.2 Å². The summed E-state index contributed by atoms with van der Waals surface area (Å²) in [6.07, 6.45) is -0.690. The van der Waals surface area contributed by atoms with Crippen LogP contribution in [0.25, 0.3) is 10.9 Å². The fraction of sp³-hybridized carbons (Fsp3) is 0.435. The van der Waals surface area contributed by atoms with Gasteiger partial charge in [0, 0.05) is 23.6 Å². The second-order valence-electron chi connectivity index (χ2n) is 8.22. The third-order valence-corrected chi connectivity index (χ3v) is 6.13. The highest BCUT2D eigenvalue weighted by Crippen LogP contribution is 2.31. The van der Waals surface area contributed by atoms with E-state index in [0.717, 1.165) is 48.0 Å². The van der Waals surface area contributed by atoms with E-state index in [1.165, 1.54) is 12.1 Å². The molecule has 0 bridgehead atoms. The Hall–Kier alpha value is -2.87. The number of hydrogen-bond acceptors (Lipinski definition) is 5. The topological polar surface area (TPSA) is 71.8 Å². The summed E-state index contributed by atoms with van der Waals surface area (Å²) in [5.41, 5.74) is 2.91. The van der Waals surface area contributed by atoms with Crippen LogP contribution in [0.15, 0.2) is 35.1 Å². The second kappa shape index (κ2) is 8.70. The molecule has 4 rings (SSSR count). The van der Waals surface area contributed by atoms with Crippen LogP contribution in [0.3, 0.4) is 0 Å². The van der Waals surface area contributed by atoms with Crippen LogP contribution in [0.4, 0.5) is 14.6 Å². The molecule has 0 amide bonds. The number of aryl methyl sites for hydroxylation is 2. The highest BCUT2D eigenvalue weighted by Gasteiger charge is 2.22. The summed E-state index contributed by atoms with van der Waals surface area (Å²) in [6.45, 7) is 5.51. The summed E-state index contributed by atoms with van der Waals surface area (Å²) in [4.78, 5) is 13.1. The number of fused-ring (bicyclic) bond motifs is 1. The molecule has 1 saturated heterocycles. The van der Waals surface area contributed by atoms with Gasteiger partial charge in [-0.1, -0.05) is 18.2 Å². The maximum Gasteiger partial charge on any atom is 0.263 e. The summed E-state index contributed by atoms with van der Waals surface area (Å²) in [5, 5.41) is 16.1. The van der Waals surface area contributed by atoms with Crippen molar-refractivity contribution in [1.29, 1.82) is 0 Å². The van der Waals surface area contributed by atoms with Crippen LogP contribution >= 0.6 is 0 Å². The number of alkyl halides is 2. The number of aromatic nitrogens is 3. The minimum Gasteiger partial charge on any atom is -0.361 e. The monoisotopic (exact) mass is 427 g/mol. The van der Waals surface area contributed by atoms with E-state index in [4.69, 9.17) is 0 Å². The molecular weight excluding hydrogens is 400 g/mol. The first-order chi connectivity index (χ1) is 14.9. The molecule has 6 nitrogen and oxygen atoms in total. The van der Waals surface area contributed by atoms with Gasteiger partial charge in [0.1, 0.15) is 0 Å². The number of rotatable bonds is 5. The van der Waals surface area contributed by atoms with Crippen LogP contribution in [-0.4, -0.2) is 27.9 Å². The zero-order valence-electron chi connectivity index (χ0n) is 18.0. The van der Waals surface area contributed by atoms with E-state index >= 15 is 0 Å². The van der Waals surface area contributed by atoms with Gasteiger partial charge in [-0.25, -0.2) is 8.78 Å². The summed E-state index contributed by atoms with van der Waals surface area (Å²) < 4.78 is 27.9. The first-order valence-electron chi connectivity index (χ1n) is 10.6. The van der Waals surface area contributed by atoms with Gasteiger partial charge in [0.25, 0.3) is 12.0 Å². The summed E-state index contributed by atoms with van der Waals surface area (Å²) in [5.74, 6) is 0.743. The SMILES string of the molecule is Cc1nnc(N[C@H](C)c2cccc(C(F)F)c2)c2cc(C3CCNCC3)c(=O)n(C)c12. The van der Waals surface area contributed by atoms with Gasteiger partial charge in [0.15, 0.2) is 5.82 Å². The first kappa shape index (κ1) is 21.4. The highest BCUT2D eigenvalue weighted by molar-refractivity contribution is 5.91. The Morgan fingerprint density at radius 3 is 2.58 bits per heavy atom. The van der Waals surface area contributed by atoms with Crippen molar-refractivity contribution in [2.75, 3.05) is 18.4 Å². The number of benzene rings is 1. The Morgan fingerprint density at radius 1 is 1.16 bits per heavy atom. The van der Waals surface area contributed by atoms with E-state index in [1.54, 1.807) is 17.7 Å². The van der Waals surface area contributed by atoms with Gasteiger partial charge >= 0.3 is 0 Å². The lowest BCUT2D eigenvalue weighted by atomic mass is 9.90. The number of anilines is 1. The maximum absolute atomic E-state index is 13.1. The van der Waals surface area contributed by atoms with Gasteiger partial charge in [-0.2, -0.15) is 5.10 Å². The molecule has 1 fully saturated rings. The van der Waals surface area contributed by atoms with Crippen LogP contribution in [0, 0.1) is 6.92 Å². The number of halogens is 2. The Labute approximate surface area is 179 Å². The summed E-state index contributed by atoms with van der Waals surface area (Å²) in [7, 11) is 1.77. The zero-order valence-corrected chi connectivity index (χ0v) is 18.0. The standard InChI is InChI=1S/C23H27F2N5O/c1-13(16-5-4-6-17(11-16)21(24)25)27-22-19-12-18(15-7-9-26-10-8-15)23(31)30(3)20(19)14(2)28-29-22/h4-6,11-13,15,21,26H,7-10H2,1-3H3,(H,27,29)/t13-/m1/s1. The average Bonchev–Trinajstić information content (AvgIpc) is 2.78. The van der Waals surface area contributed by atoms with Crippen LogP contribution in [0.2, 0.25) is 0 Å². The molecule has 1 aliphatic rings. The van der Waals surface area contributed by atoms with Crippen molar-refractivity contribution in [2.24, 2.45) is 7.05 Å². The minimum absolute atomic E-state index is 0.000803. The molecule has 0 aliphatic carbocycles. The summed E-state index contributed by atoms with van der Waals surface area (Å²) >= 11 is 0. The lowest BCUT2D eigenvalue weighted by molar-refractivity contribution is 0.151. The van der Waals surface area contributed by atoms with Gasteiger partial charge in [0.05, 0.1) is 17.3 Å². The molecule has 0 unspecified atom stereocenters. The number of pyridine rings is 1. The number of piperidine rings is 1. The van der Waals surface area contributed by atoms with Crippen molar-refractivity contribution in [3.8, 4) is 0 Å². The van der Waals surface area contributed by atoms with Crippen molar-refractivity contribution < 1.29 is 8.78 Å². The van der Waals surface area contributed by atoms with Crippen molar-refractivity contribution >= 4 is 16.7 Å². The van der Waals surface area contributed by atoms with Crippen LogP contribution in [0.1, 0.15) is 60.5 Å². The quantitative estimate of drug-likeness (QED) is 0.638. The minimum atomic E-state index is -2.52. The van der Waals surface area contributed by atoms with Gasteiger partial charge in [0.2, 0.25) is 0 Å². The first-order valence-corrected chi connectivity index (χ1v) is 10.6. The Bertz CT molecular complexity index is 1150. The van der Waals surface area contributed by atoms with Crippen LogP contribution in [-0.2, 0) is 7.05 Å². The normalized spacial score (nSPS) is 16.1. The molecule has 3 heterocycles. The third kappa shape index (κ3) is 4.17. The maximum atomic E-state index is 13.1. The largest absolute Gasteiger partial charge is 0.361 e. The highest BCUT2D eigenvalue weighted by atomic mass is 19.3. The van der Waals surface area contributed by atoms with Gasteiger partial charge in [-0.3, -0.25) is 4.79 Å². The van der Waals surface area contributed by atoms with E-state index in [1.807, 2.05) is 26.0 Å². The Balaban J connectivity index is 1.77. The second-order valence-corrected chi connectivity index (χ2v) is 8.22. The molecule has 1 aromatic carbocycles. The predicted octanol–water partition coefficient (Wildman–Crippen LogP) is 4.21. The lowest BCUT2D eigenvalue weighted by Gasteiger charge is -2.24. The molecule has 3 aromatic rings. The molecular formula is C23H27F2N5O. The molecule has 0 radical (unpaired) electrons. The zero-order chi connectivity index (χ0) is 22.1. The molecule has 2 aromatic heterocycles. The number of nitrogens with one attached hydrogen (secondary N) is 2. The fourth-order valence-electron chi connectivity index (χ4n) is 4.39. The molecule has 2 N–H and O–H groups in total. The third-order valence-electron chi connectivity index (χ3n) is 6.13. The van der Waals surface area contributed by atoms with Crippen LogP contribution in [0.5, 0.6) is 0 Å². The smallest absolute Gasteiger partial charge is 0.263 e. The van der Waals surface area contributed by atoms with E-state index in [-0.39, 0.29) is 23.1 Å². The van der Waals surface area contributed by atoms with Crippen molar-refractivity contribution in [3.63, 3.8) is 0 Å². The summed E-state index contributed by atoms with van der Waals surface area (Å²) in [6, 6.07) is 8.04. The van der Waals surface area contributed by atoms with E-state index in [9.17, 15) is 13.6 Å². The average molecular weight is 427 g/mol. The van der Waals surface area contributed by atoms with Gasteiger partial charge in [-0.15, -0.1) is 5.10 Å². The fourth-order valence-corrected chi connectivity index (χ4v) is 4.39. The van der Waals surface area contributed by atoms with Crippen molar-refractivity contribution in [2.45, 2.75) is 45.1 Å². The molecule has 31 heavy (non-hydrogen) atoms. The molecule has 0 spiro atoms. The lowest BCUT2D eigenvalue weighted by Crippen LogP contribution is -2.31. The molecule has 8 heteroatoms. The van der Waals surface area contributed by atoms with Gasteiger partial charge in [-0.05, 0) is 63.4 Å².